The number of pyridine rings is 1. The molecule has 1 atom stereocenters. The molecule has 1 unspecified atom stereocenters. The highest BCUT2D eigenvalue weighted by Crippen LogP contribution is 2.18. The lowest BCUT2D eigenvalue weighted by atomic mass is 10.0. The van der Waals surface area contributed by atoms with E-state index in [9.17, 15) is 4.79 Å². The number of hydrogen-bond acceptors (Lipinski definition) is 3. The Labute approximate surface area is 120 Å². The third-order valence-corrected chi connectivity index (χ3v) is 3.62. The van der Waals surface area contributed by atoms with E-state index in [-0.39, 0.29) is 5.91 Å². The smallest absolute Gasteiger partial charge is 0.255 e. The maximum Gasteiger partial charge on any atom is 0.255 e. The Morgan fingerprint density at radius 1 is 1.45 bits per heavy atom. The molecular formula is C16H21N3O. The first-order chi connectivity index (χ1) is 9.70. The summed E-state index contributed by atoms with van der Waals surface area (Å²) in [6, 6.07) is 1.80. The highest BCUT2D eigenvalue weighted by atomic mass is 16.2. The fourth-order valence-electron chi connectivity index (χ4n) is 2.43. The van der Waals surface area contributed by atoms with Gasteiger partial charge in [0, 0.05) is 31.0 Å². The van der Waals surface area contributed by atoms with Crippen LogP contribution in [0.1, 0.15) is 42.1 Å². The van der Waals surface area contributed by atoms with Crippen LogP contribution in [0, 0.1) is 17.8 Å². The van der Waals surface area contributed by atoms with E-state index >= 15 is 0 Å². The van der Waals surface area contributed by atoms with Gasteiger partial charge in [0.05, 0.1) is 12.1 Å². The molecule has 1 aromatic rings. The van der Waals surface area contributed by atoms with E-state index in [2.05, 4.69) is 23.7 Å². The lowest BCUT2D eigenvalue weighted by molar-refractivity contribution is 0.0760. The fraction of sp³-hybridized carbons (Fsp3) is 0.500. The Morgan fingerprint density at radius 3 is 3.10 bits per heavy atom. The molecule has 0 aliphatic carbocycles. The quantitative estimate of drug-likeness (QED) is 0.790. The van der Waals surface area contributed by atoms with E-state index in [4.69, 9.17) is 5.73 Å². The summed E-state index contributed by atoms with van der Waals surface area (Å²) in [5.74, 6) is 6.45. The third kappa shape index (κ3) is 3.82. The number of nitrogens with zero attached hydrogens (tertiary/aromatic N) is 2. The van der Waals surface area contributed by atoms with Crippen molar-refractivity contribution in [3.63, 3.8) is 0 Å². The zero-order valence-electron chi connectivity index (χ0n) is 11.9. The van der Waals surface area contributed by atoms with Gasteiger partial charge in [-0.3, -0.25) is 9.78 Å². The third-order valence-electron chi connectivity index (χ3n) is 3.62. The number of rotatable bonds is 1. The fourth-order valence-corrected chi connectivity index (χ4v) is 2.43. The summed E-state index contributed by atoms with van der Waals surface area (Å²) in [6.45, 7) is 4.22. The number of likely N-dealkylation sites (tertiary alicyclic amines) is 1. The summed E-state index contributed by atoms with van der Waals surface area (Å²) in [7, 11) is 0. The molecule has 1 amide bonds. The lowest BCUT2D eigenvalue weighted by Gasteiger charge is -2.20. The second kappa shape index (κ2) is 7.06. The Morgan fingerprint density at radius 2 is 2.30 bits per heavy atom. The van der Waals surface area contributed by atoms with Crippen LogP contribution in [-0.2, 0) is 0 Å². The molecule has 0 aromatic carbocycles. The van der Waals surface area contributed by atoms with Crippen molar-refractivity contribution in [2.45, 2.75) is 26.2 Å². The Hall–Kier alpha value is -1.86. The molecule has 1 aliphatic rings. The second-order valence-electron chi connectivity index (χ2n) is 5.30. The molecule has 106 valence electrons. The average Bonchev–Trinajstić information content (AvgIpc) is 2.69. The summed E-state index contributed by atoms with van der Waals surface area (Å²) in [4.78, 5) is 18.5. The van der Waals surface area contributed by atoms with Gasteiger partial charge in [-0.15, -0.1) is 0 Å². The molecule has 1 aliphatic heterocycles. The van der Waals surface area contributed by atoms with E-state index in [0.29, 0.717) is 18.0 Å². The first-order valence-electron chi connectivity index (χ1n) is 7.14. The van der Waals surface area contributed by atoms with Gasteiger partial charge in [0.15, 0.2) is 0 Å². The van der Waals surface area contributed by atoms with Crippen LogP contribution in [0.25, 0.3) is 0 Å². The number of amides is 1. The van der Waals surface area contributed by atoms with Crippen molar-refractivity contribution >= 4 is 5.91 Å². The first kappa shape index (κ1) is 14.5. The average molecular weight is 271 g/mol. The minimum absolute atomic E-state index is 0.0583. The zero-order chi connectivity index (χ0) is 14.4. The Kier molecular flexibility index (Phi) is 5.14. The minimum atomic E-state index is 0.0583. The SMILES string of the molecule is CC1CCCN(C(=O)c2cncc(C#CCN)c2)CC1. The second-order valence-corrected chi connectivity index (χ2v) is 5.30. The van der Waals surface area contributed by atoms with Gasteiger partial charge in [-0.05, 0) is 31.2 Å². The van der Waals surface area contributed by atoms with Gasteiger partial charge < -0.3 is 10.6 Å². The van der Waals surface area contributed by atoms with Gasteiger partial charge in [0.2, 0.25) is 0 Å². The van der Waals surface area contributed by atoms with Crippen molar-refractivity contribution in [1.82, 2.24) is 9.88 Å². The predicted octanol–water partition coefficient (Wildman–Crippen LogP) is 1.65. The molecule has 4 heteroatoms. The van der Waals surface area contributed by atoms with E-state index in [1.54, 1.807) is 18.5 Å². The van der Waals surface area contributed by atoms with Gasteiger partial charge >= 0.3 is 0 Å². The van der Waals surface area contributed by atoms with Gasteiger partial charge in [-0.25, -0.2) is 0 Å². The minimum Gasteiger partial charge on any atom is -0.339 e. The molecule has 0 spiro atoms. The van der Waals surface area contributed by atoms with Gasteiger partial charge in [0.1, 0.15) is 0 Å². The molecule has 1 aromatic heterocycles. The summed E-state index contributed by atoms with van der Waals surface area (Å²) in [5, 5.41) is 0. The molecule has 2 rings (SSSR count). The summed E-state index contributed by atoms with van der Waals surface area (Å²) in [6.07, 6.45) is 6.62. The first-order valence-corrected chi connectivity index (χ1v) is 7.14. The van der Waals surface area contributed by atoms with E-state index in [1.807, 2.05) is 4.90 Å². The molecule has 1 saturated heterocycles. The molecule has 2 N–H and O–H groups in total. The van der Waals surface area contributed by atoms with Crippen LogP contribution in [0.2, 0.25) is 0 Å². The van der Waals surface area contributed by atoms with Gasteiger partial charge in [0.25, 0.3) is 5.91 Å². The van der Waals surface area contributed by atoms with Crippen molar-refractivity contribution in [1.29, 1.82) is 0 Å². The number of carbonyl (C=O) groups is 1. The van der Waals surface area contributed by atoms with Crippen LogP contribution in [0.4, 0.5) is 0 Å². The summed E-state index contributed by atoms with van der Waals surface area (Å²) < 4.78 is 0. The Bertz CT molecular complexity index is 530. The number of aromatic nitrogens is 1. The molecule has 0 bridgehead atoms. The highest BCUT2D eigenvalue weighted by Gasteiger charge is 2.20. The van der Waals surface area contributed by atoms with Crippen molar-refractivity contribution in [2.24, 2.45) is 11.7 Å². The Balaban J connectivity index is 2.12. The molecule has 0 radical (unpaired) electrons. The van der Waals surface area contributed by atoms with Crippen molar-refractivity contribution in [2.75, 3.05) is 19.6 Å². The number of nitrogens with two attached hydrogens (primary N) is 1. The molecular weight excluding hydrogens is 250 g/mol. The standard InChI is InChI=1S/C16H21N3O/c1-13-4-3-8-19(9-6-13)16(20)15-10-14(5-2-7-17)11-18-12-15/h10-13H,3-4,6-9,17H2,1H3. The normalized spacial score (nSPS) is 18.9. The number of hydrogen-bond donors (Lipinski definition) is 1. The maximum atomic E-state index is 12.5. The van der Waals surface area contributed by atoms with Gasteiger partial charge in [-0.1, -0.05) is 18.8 Å². The molecule has 2 heterocycles. The molecule has 0 saturated carbocycles. The lowest BCUT2D eigenvalue weighted by Crippen LogP contribution is -2.32. The van der Waals surface area contributed by atoms with Crippen LogP contribution < -0.4 is 5.73 Å². The summed E-state index contributed by atoms with van der Waals surface area (Å²) >= 11 is 0. The van der Waals surface area contributed by atoms with Crippen molar-refractivity contribution in [3.05, 3.63) is 29.6 Å². The molecule has 4 nitrogen and oxygen atoms in total. The van der Waals surface area contributed by atoms with Crippen LogP contribution in [0.3, 0.4) is 0 Å². The zero-order valence-corrected chi connectivity index (χ0v) is 11.9. The van der Waals surface area contributed by atoms with Gasteiger partial charge in [-0.2, -0.15) is 0 Å². The van der Waals surface area contributed by atoms with Crippen LogP contribution >= 0.6 is 0 Å². The monoisotopic (exact) mass is 271 g/mol. The predicted molar refractivity (Wildman–Crippen MR) is 79.1 cm³/mol. The summed E-state index contributed by atoms with van der Waals surface area (Å²) in [5.41, 5.74) is 6.71. The number of carbonyl (C=O) groups excluding carboxylic acids is 1. The van der Waals surface area contributed by atoms with E-state index in [1.165, 1.54) is 6.42 Å². The molecule has 1 fully saturated rings. The highest BCUT2D eigenvalue weighted by molar-refractivity contribution is 5.94. The largest absolute Gasteiger partial charge is 0.339 e. The van der Waals surface area contributed by atoms with Crippen molar-refractivity contribution < 1.29 is 4.79 Å². The van der Waals surface area contributed by atoms with Crippen LogP contribution in [0.5, 0.6) is 0 Å². The van der Waals surface area contributed by atoms with E-state index in [0.717, 1.165) is 31.5 Å². The van der Waals surface area contributed by atoms with E-state index < -0.39 is 0 Å². The molecule has 20 heavy (non-hydrogen) atoms. The maximum absolute atomic E-state index is 12.5. The topological polar surface area (TPSA) is 59.2 Å². The van der Waals surface area contributed by atoms with Crippen LogP contribution in [-0.4, -0.2) is 35.4 Å². The van der Waals surface area contributed by atoms with Crippen LogP contribution in [0.15, 0.2) is 18.5 Å². The van der Waals surface area contributed by atoms with Crippen molar-refractivity contribution in [3.8, 4) is 11.8 Å².